The number of halogens is 1. The van der Waals surface area contributed by atoms with Crippen LogP contribution in [0.5, 0.6) is 5.75 Å². The summed E-state index contributed by atoms with van der Waals surface area (Å²) >= 11 is 0. The summed E-state index contributed by atoms with van der Waals surface area (Å²) in [5.74, 6) is -0.220. The minimum atomic E-state index is -0.404. The van der Waals surface area contributed by atoms with Crippen molar-refractivity contribution in [2.24, 2.45) is 0 Å². The fraction of sp³-hybridized carbons (Fsp3) is 0.364. The maximum atomic E-state index is 13.4. The summed E-state index contributed by atoms with van der Waals surface area (Å²) in [6.07, 6.45) is 2.95. The molecule has 1 aliphatic heterocycles. The van der Waals surface area contributed by atoms with Crippen LogP contribution in [0.4, 0.5) is 4.39 Å². The van der Waals surface area contributed by atoms with Gasteiger partial charge in [-0.2, -0.15) is 0 Å². The molecule has 0 aliphatic carbocycles. The quantitative estimate of drug-likeness (QED) is 0.709. The van der Waals surface area contributed by atoms with Crippen molar-refractivity contribution in [1.82, 2.24) is 10.2 Å². The van der Waals surface area contributed by atoms with Crippen LogP contribution in [0, 0.1) is 5.82 Å². The van der Waals surface area contributed by atoms with Crippen molar-refractivity contribution in [1.29, 1.82) is 0 Å². The highest BCUT2D eigenvalue weighted by Crippen LogP contribution is 2.16. The van der Waals surface area contributed by atoms with E-state index in [4.69, 9.17) is 4.74 Å². The number of ether oxygens (including phenoxy) is 1. The maximum absolute atomic E-state index is 13.4. The van der Waals surface area contributed by atoms with Crippen molar-refractivity contribution in [2.75, 3.05) is 19.7 Å². The first kappa shape index (κ1) is 19.9. The van der Waals surface area contributed by atoms with Gasteiger partial charge in [0.15, 0.2) is 11.6 Å². The molecule has 1 aliphatic rings. The third-order valence-corrected chi connectivity index (χ3v) is 4.73. The minimum absolute atomic E-state index is 0.0722. The second-order valence-corrected chi connectivity index (χ2v) is 6.86. The van der Waals surface area contributed by atoms with Gasteiger partial charge in [-0.05, 0) is 49.1 Å². The van der Waals surface area contributed by atoms with Crippen LogP contribution in [0.15, 0.2) is 48.5 Å². The van der Waals surface area contributed by atoms with E-state index in [-0.39, 0.29) is 24.2 Å². The molecule has 0 spiro atoms. The first-order valence-corrected chi connectivity index (χ1v) is 9.66. The molecule has 1 N–H and O–H groups in total. The van der Waals surface area contributed by atoms with Crippen LogP contribution >= 0.6 is 0 Å². The Hall–Kier alpha value is -2.89. The average molecular weight is 384 g/mol. The van der Waals surface area contributed by atoms with Gasteiger partial charge in [-0.25, -0.2) is 4.39 Å². The lowest BCUT2D eigenvalue weighted by atomic mass is 10.1. The predicted molar refractivity (Wildman–Crippen MR) is 105 cm³/mol. The molecule has 148 valence electrons. The number of hydrogen-bond donors (Lipinski definition) is 1. The lowest BCUT2D eigenvalue weighted by Crippen LogP contribution is -2.27. The average Bonchev–Trinajstić information content (AvgIpc) is 3.25. The van der Waals surface area contributed by atoms with E-state index in [1.807, 2.05) is 29.2 Å². The van der Waals surface area contributed by atoms with E-state index in [1.54, 1.807) is 18.2 Å². The number of nitrogens with one attached hydrogen (secondary N) is 1. The van der Waals surface area contributed by atoms with Crippen LogP contribution in [-0.4, -0.2) is 36.4 Å². The van der Waals surface area contributed by atoms with E-state index in [2.05, 4.69) is 5.32 Å². The molecule has 0 saturated carbocycles. The number of benzene rings is 2. The second-order valence-electron chi connectivity index (χ2n) is 6.86. The number of rotatable bonds is 8. The molecule has 0 aromatic heterocycles. The van der Waals surface area contributed by atoms with Gasteiger partial charge in [0.05, 0.1) is 6.61 Å². The molecule has 2 aromatic rings. The fourth-order valence-corrected chi connectivity index (χ4v) is 3.13. The van der Waals surface area contributed by atoms with E-state index >= 15 is 0 Å². The molecular formula is C22H25FN2O3. The zero-order valence-corrected chi connectivity index (χ0v) is 15.8. The molecule has 0 bridgehead atoms. The van der Waals surface area contributed by atoms with Gasteiger partial charge in [0.1, 0.15) is 0 Å². The number of nitrogens with zero attached hydrogens (tertiary/aromatic N) is 1. The highest BCUT2D eigenvalue weighted by molar-refractivity contribution is 5.94. The standard InChI is InChI=1S/C22H25FN2O3/c23-19-6-1-2-7-20(19)28-15-5-8-21(26)24-16-17-9-11-18(12-10-17)22(27)25-13-3-4-14-25/h1-2,6-7,9-12H,3-5,8,13-16H2,(H,24,26). The Kier molecular flexibility index (Phi) is 7.00. The highest BCUT2D eigenvalue weighted by atomic mass is 19.1. The van der Waals surface area contributed by atoms with Crippen LogP contribution < -0.4 is 10.1 Å². The first-order valence-electron chi connectivity index (χ1n) is 9.66. The van der Waals surface area contributed by atoms with Crippen molar-refractivity contribution in [2.45, 2.75) is 32.2 Å². The van der Waals surface area contributed by atoms with Crippen LogP contribution in [0.3, 0.4) is 0 Å². The molecule has 3 rings (SSSR count). The summed E-state index contributed by atoms with van der Waals surface area (Å²) in [5, 5.41) is 2.85. The van der Waals surface area contributed by atoms with Crippen LogP contribution in [0.2, 0.25) is 0 Å². The zero-order chi connectivity index (χ0) is 19.8. The molecule has 0 unspecified atom stereocenters. The second kappa shape index (κ2) is 9.88. The summed E-state index contributed by atoms with van der Waals surface area (Å²) < 4.78 is 18.8. The Bertz CT molecular complexity index is 802. The van der Waals surface area contributed by atoms with E-state index in [9.17, 15) is 14.0 Å². The van der Waals surface area contributed by atoms with Crippen molar-refractivity contribution in [3.8, 4) is 5.75 Å². The molecule has 0 atom stereocenters. The normalized spacial score (nSPS) is 13.4. The summed E-state index contributed by atoms with van der Waals surface area (Å²) in [4.78, 5) is 26.1. The van der Waals surface area contributed by atoms with Crippen molar-refractivity contribution >= 4 is 11.8 Å². The van der Waals surface area contributed by atoms with Crippen molar-refractivity contribution in [3.05, 3.63) is 65.5 Å². The molecule has 28 heavy (non-hydrogen) atoms. The Morgan fingerprint density at radius 1 is 1.04 bits per heavy atom. The number of likely N-dealkylation sites (tertiary alicyclic amines) is 1. The molecule has 1 saturated heterocycles. The van der Waals surface area contributed by atoms with Gasteiger partial charge in [-0.15, -0.1) is 0 Å². The van der Waals surface area contributed by atoms with Crippen LogP contribution in [-0.2, 0) is 11.3 Å². The van der Waals surface area contributed by atoms with E-state index in [0.717, 1.165) is 31.5 Å². The van der Waals surface area contributed by atoms with E-state index in [1.165, 1.54) is 6.07 Å². The van der Waals surface area contributed by atoms with Gasteiger partial charge < -0.3 is 15.0 Å². The van der Waals surface area contributed by atoms with Gasteiger partial charge in [0.2, 0.25) is 5.91 Å². The number of carbonyl (C=O) groups excluding carboxylic acids is 2. The minimum Gasteiger partial charge on any atom is -0.491 e. The van der Waals surface area contributed by atoms with Gasteiger partial charge in [0, 0.05) is 31.6 Å². The fourth-order valence-electron chi connectivity index (χ4n) is 3.13. The number of hydrogen-bond acceptors (Lipinski definition) is 3. The predicted octanol–water partition coefficient (Wildman–Crippen LogP) is 3.54. The van der Waals surface area contributed by atoms with Crippen molar-refractivity contribution < 1.29 is 18.7 Å². The van der Waals surface area contributed by atoms with Crippen LogP contribution in [0.1, 0.15) is 41.6 Å². The molecule has 6 heteroatoms. The zero-order valence-electron chi connectivity index (χ0n) is 15.8. The molecule has 2 aromatic carbocycles. The summed E-state index contributed by atoms with van der Waals surface area (Å²) in [6, 6.07) is 13.6. The van der Waals surface area contributed by atoms with Crippen molar-refractivity contribution in [3.63, 3.8) is 0 Å². The maximum Gasteiger partial charge on any atom is 0.253 e. The monoisotopic (exact) mass is 384 g/mol. The Labute approximate surface area is 164 Å². The Morgan fingerprint density at radius 3 is 2.46 bits per heavy atom. The van der Waals surface area contributed by atoms with Gasteiger partial charge in [-0.1, -0.05) is 24.3 Å². The number of amides is 2. The molecule has 5 nitrogen and oxygen atoms in total. The molecule has 1 heterocycles. The summed E-state index contributed by atoms with van der Waals surface area (Å²) in [5.41, 5.74) is 1.62. The Balaban J connectivity index is 1.36. The van der Waals surface area contributed by atoms with Crippen LogP contribution in [0.25, 0.3) is 0 Å². The number of carbonyl (C=O) groups is 2. The third kappa shape index (κ3) is 5.55. The molecule has 2 amide bonds. The lowest BCUT2D eigenvalue weighted by Gasteiger charge is -2.15. The Morgan fingerprint density at radius 2 is 1.75 bits per heavy atom. The summed E-state index contributed by atoms with van der Waals surface area (Å²) in [6.45, 7) is 2.35. The van der Waals surface area contributed by atoms with Gasteiger partial charge >= 0.3 is 0 Å². The SMILES string of the molecule is O=C(CCCOc1ccccc1F)NCc1ccc(C(=O)N2CCCC2)cc1. The third-order valence-electron chi connectivity index (χ3n) is 4.73. The molecular weight excluding hydrogens is 359 g/mol. The van der Waals surface area contributed by atoms with Gasteiger partial charge in [-0.3, -0.25) is 9.59 Å². The number of para-hydroxylation sites is 1. The molecule has 0 radical (unpaired) electrons. The van der Waals surface area contributed by atoms with E-state index in [0.29, 0.717) is 24.9 Å². The lowest BCUT2D eigenvalue weighted by molar-refractivity contribution is -0.121. The van der Waals surface area contributed by atoms with E-state index < -0.39 is 5.82 Å². The first-order chi connectivity index (χ1) is 13.6. The molecule has 1 fully saturated rings. The topological polar surface area (TPSA) is 58.6 Å². The largest absolute Gasteiger partial charge is 0.491 e. The highest BCUT2D eigenvalue weighted by Gasteiger charge is 2.19. The van der Waals surface area contributed by atoms with Gasteiger partial charge in [0.25, 0.3) is 5.91 Å². The summed E-state index contributed by atoms with van der Waals surface area (Å²) in [7, 11) is 0. The smallest absolute Gasteiger partial charge is 0.253 e.